The number of aliphatic hydroxyl groups excluding tert-OH is 1. The monoisotopic (exact) mass is 585 g/mol. The van der Waals surface area contributed by atoms with Crippen LogP contribution in [0, 0.1) is 0 Å². The van der Waals surface area contributed by atoms with Crippen LogP contribution in [-0.4, -0.2) is 79.0 Å². The number of hydrogen-bond acceptors (Lipinski definition) is 12. The molecule has 0 bridgehead atoms. The maximum absolute atomic E-state index is 12.7. The largest absolute Gasteiger partial charge is 0.480 e. The van der Waals surface area contributed by atoms with Crippen LogP contribution in [0.2, 0.25) is 0 Å². The average molecular weight is 586 g/mol. The van der Waals surface area contributed by atoms with E-state index in [-0.39, 0.29) is 54.8 Å². The van der Waals surface area contributed by atoms with Gasteiger partial charge in [0.2, 0.25) is 5.95 Å². The van der Waals surface area contributed by atoms with Crippen molar-refractivity contribution in [1.82, 2.24) is 25.3 Å². The first-order chi connectivity index (χ1) is 20.1. The van der Waals surface area contributed by atoms with Gasteiger partial charge in [0.15, 0.2) is 11.2 Å². The Morgan fingerprint density at radius 3 is 2.60 bits per heavy atom. The van der Waals surface area contributed by atoms with Crippen LogP contribution in [0.4, 0.5) is 11.6 Å². The first-order valence-corrected chi connectivity index (χ1v) is 13.5. The fourth-order valence-corrected chi connectivity index (χ4v) is 4.18. The van der Waals surface area contributed by atoms with Gasteiger partial charge in [0.25, 0.3) is 11.5 Å². The molecular weight excluding hydrogens is 550 g/mol. The molecule has 2 aromatic heterocycles. The standard InChI is InChI=1S/C25H29N7O8.C2H6/c1-12-8-17(18(11-33)39-12)40-19(34)7-6-16(24(37)38)30-22(35)13-2-4-14(5-3-13)27-9-15-10-28-21-20(29-15)23(36)32-25(26)31-21;1-2/h2-5,10,12,16-18,27,33H,6-9,11H2,1H3,(H,30,35)(H,37,38)(H3,26,28,31,32,36);1-2H3. The lowest BCUT2D eigenvalue weighted by Crippen LogP contribution is -2.41. The van der Waals surface area contributed by atoms with Crippen molar-refractivity contribution in [3.8, 4) is 0 Å². The van der Waals surface area contributed by atoms with Crippen molar-refractivity contribution in [2.24, 2.45) is 0 Å². The van der Waals surface area contributed by atoms with Gasteiger partial charge in [-0.15, -0.1) is 0 Å². The second-order valence-corrected chi connectivity index (χ2v) is 9.25. The first kappa shape index (κ1) is 31.9. The third kappa shape index (κ3) is 8.44. The summed E-state index contributed by atoms with van der Waals surface area (Å²) in [6.07, 6.45) is 0.0820. The van der Waals surface area contributed by atoms with Crippen LogP contribution in [0.3, 0.4) is 0 Å². The minimum absolute atomic E-state index is 0.0540. The Morgan fingerprint density at radius 1 is 1.21 bits per heavy atom. The summed E-state index contributed by atoms with van der Waals surface area (Å²) in [6.45, 7) is 5.73. The number of benzene rings is 1. The number of nitrogens with one attached hydrogen (secondary N) is 3. The number of fused-ring (bicyclic) bond motifs is 1. The molecule has 1 amide bonds. The van der Waals surface area contributed by atoms with Gasteiger partial charge in [-0.2, -0.15) is 4.98 Å². The zero-order valence-corrected chi connectivity index (χ0v) is 23.5. The van der Waals surface area contributed by atoms with Gasteiger partial charge in [-0.3, -0.25) is 19.4 Å². The highest BCUT2D eigenvalue weighted by Gasteiger charge is 2.35. The van der Waals surface area contributed by atoms with E-state index in [1.165, 1.54) is 18.3 Å². The van der Waals surface area contributed by atoms with E-state index in [1.807, 2.05) is 13.8 Å². The minimum Gasteiger partial charge on any atom is -0.480 e. The molecule has 0 saturated carbocycles. The number of hydrogen-bond donors (Lipinski definition) is 6. The fourth-order valence-electron chi connectivity index (χ4n) is 4.18. The number of carboxylic acids is 1. The van der Waals surface area contributed by atoms with Crippen LogP contribution in [0.15, 0.2) is 35.3 Å². The van der Waals surface area contributed by atoms with Crippen LogP contribution < -0.4 is 21.9 Å². The minimum atomic E-state index is -1.32. The number of amides is 1. The van der Waals surface area contributed by atoms with Crippen molar-refractivity contribution in [2.45, 2.75) is 70.9 Å². The summed E-state index contributed by atoms with van der Waals surface area (Å²) in [5, 5.41) is 24.4. The first-order valence-electron chi connectivity index (χ1n) is 13.5. The van der Waals surface area contributed by atoms with Crippen molar-refractivity contribution in [1.29, 1.82) is 0 Å². The molecule has 4 atom stereocenters. The van der Waals surface area contributed by atoms with Gasteiger partial charge in [0.05, 0.1) is 31.1 Å². The molecule has 15 heteroatoms. The Kier molecular flexibility index (Phi) is 11.3. The number of nitrogen functional groups attached to an aromatic ring is 1. The maximum Gasteiger partial charge on any atom is 0.326 e. The van der Waals surface area contributed by atoms with E-state index in [0.29, 0.717) is 17.8 Å². The van der Waals surface area contributed by atoms with E-state index in [0.717, 1.165) is 0 Å². The number of carbonyl (C=O) groups excluding carboxylic acids is 2. The molecule has 1 saturated heterocycles. The number of esters is 1. The van der Waals surface area contributed by atoms with Crippen molar-refractivity contribution < 1.29 is 34.1 Å². The van der Waals surface area contributed by atoms with Gasteiger partial charge in [0.1, 0.15) is 18.2 Å². The summed E-state index contributed by atoms with van der Waals surface area (Å²) in [4.78, 5) is 63.2. The predicted octanol–water partition coefficient (Wildman–Crippen LogP) is 0.978. The van der Waals surface area contributed by atoms with Crippen molar-refractivity contribution in [3.63, 3.8) is 0 Å². The normalized spacial score (nSPS) is 18.4. The summed E-state index contributed by atoms with van der Waals surface area (Å²) >= 11 is 0. The summed E-state index contributed by atoms with van der Waals surface area (Å²) < 4.78 is 10.8. The summed E-state index contributed by atoms with van der Waals surface area (Å²) in [5.74, 6) is -2.62. The van der Waals surface area contributed by atoms with E-state index in [2.05, 4.69) is 30.6 Å². The molecule has 0 radical (unpaired) electrons. The Balaban J connectivity index is 0.00000237. The number of ether oxygens (including phenoxy) is 2. The Bertz CT molecular complexity index is 1450. The van der Waals surface area contributed by atoms with Crippen LogP contribution in [0.5, 0.6) is 0 Å². The molecule has 42 heavy (non-hydrogen) atoms. The SMILES string of the molecule is CC.CC1CC(OC(=O)CCC(NC(=O)c2ccc(NCc3cnc4nc(N)[nH]c(=O)c4n3)cc2)C(=O)O)C(CO)O1. The number of anilines is 2. The molecule has 0 spiro atoms. The third-order valence-corrected chi connectivity index (χ3v) is 6.20. The van der Waals surface area contributed by atoms with E-state index in [1.54, 1.807) is 19.1 Å². The number of carbonyl (C=O) groups is 3. The predicted molar refractivity (Wildman–Crippen MR) is 152 cm³/mol. The van der Waals surface area contributed by atoms with Crippen molar-refractivity contribution in [3.05, 3.63) is 52.1 Å². The number of aromatic amines is 1. The molecule has 1 aliphatic rings. The fraction of sp³-hybridized carbons (Fsp3) is 0.444. The Hall–Kier alpha value is -4.63. The zero-order chi connectivity index (χ0) is 30.8. The molecule has 1 aromatic carbocycles. The number of carboxylic acid groups (broad SMARTS) is 1. The van der Waals surface area contributed by atoms with Crippen LogP contribution in [-0.2, 0) is 25.6 Å². The van der Waals surface area contributed by atoms with Crippen LogP contribution in [0.25, 0.3) is 11.2 Å². The second kappa shape index (κ2) is 14.8. The van der Waals surface area contributed by atoms with Crippen molar-refractivity contribution >= 4 is 40.6 Å². The van der Waals surface area contributed by atoms with Gasteiger partial charge in [-0.25, -0.2) is 14.8 Å². The summed E-state index contributed by atoms with van der Waals surface area (Å²) in [6, 6.07) is 4.93. The van der Waals surface area contributed by atoms with Crippen molar-refractivity contribution in [2.75, 3.05) is 17.7 Å². The Morgan fingerprint density at radius 2 is 1.93 bits per heavy atom. The number of rotatable bonds is 11. The quantitative estimate of drug-likeness (QED) is 0.172. The number of nitrogens with zero attached hydrogens (tertiary/aromatic N) is 3. The summed E-state index contributed by atoms with van der Waals surface area (Å²) in [7, 11) is 0. The van der Waals surface area contributed by atoms with Gasteiger partial charge in [-0.1, -0.05) is 13.8 Å². The smallest absolute Gasteiger partial charge is 0.326 e. The third-order valence-electron chi connectivity index (χ3n) is 6.20. The van der Waals surface area contributed by atoms with Gasteiger partial charge < -0.3 is 36.1 Å². The highest BCUT2D eigenvalue weighted by molar-refractivity contribution is 5.97. The van der Waals surface area contributed by atoms with Gasteiger partial charge in [-0.05, 0) is 37.6 Å². The molecule has 3 aromatic rings. The summed E-state index contributed by atoms with van der Waals surface area (Å²) in [5.41, 5.74) is 6.50. The van der Waals surface area contributed by atoms with Crippen LogP contribution >= 0.6 is 0 Å². The average Bonchev–Trinajstić information content (AvgIpc) is 3.33. The molecule has 0 aliphatic carbocycles. The molecule has 15 nitrogen and oxygen atoms in total. The van der Waals surface area contributed by atoms with E-state index >= 15 is 0 Å². The lowest BCUT2D eigenvalue weighted by Gasteiger charge is -2.18. The Labute approximate surface area is 240 Å². The van der Waals surface area contributed by atoms with E-state index < -0.39 is 41.7 Å². The highest BCUT2D eigenvalue weighted by Crippen LogP contribution is 2.23. The zero-order valence-electron chi connectivity index (χ0n) is 23.5. The van der Waals surface area contributed by atoms with Gasteiger partial charge in [0, 0.05) is 24.1 Å². The molecule has 1 fully saturated rings. The maximum atomic E-state index is 12.7. The molecule has 4 unspecified atom stereocenters. The number of aliphatic hydroxyl groups is 1. The molecule has 226 valence electrons. The topological polar surface area (TPSA) is 232 Å². The van der Waals surface area contributed by atoms with E-state index in [9.17, 15) is 29.4 Å². The molecular formula is C27H35N7O8. The second-order valence-electron chi connectivity index (χ2n) is 9.25. The molecule has 4 rings (SSSR count). The number of aliphatic carboxylic acids is 1. The number of aromatic nitrogens is 4. The highest BCUT2D eigenvalue weighted by atomic mass is 16.6. The van der Waals surface area contributed by atoms with Crippen LogP contribution in [0.1, 0.15) is 56.1 Å². The molecule has 1 aliphatic heterocycles. The molecule has 7 N–H and O–H groups in total. The molecule has 3 heterocycles. The van der Waals surface area contributed by atoms with E-state index in [4.69, 9.17) is 15.2 Å². The lowest BCUT2D eigenvalue weighted by atomic mass is 10.1. The lowest BCUT2D eigenvalue weighted by molar-refractivity contribution is -0.153. The number of nitrogens with two attached hydrogens (primary N) is 1. The van der Waals surface area contributed by atoms with Gasteiger partial charge >= 0.3 is 11.9 Å². The number of H-pyrrole nitrogens is 1.